The Labute approximate surface area is 102 Å². The van der Waals surface area contributed by atoms with Crippen LogP contribution in [-0.2, 0) is 26.8 Å². The van der Waals surface area contributed by atoms with E-state index < -0.39 is 23.5 Å². The third kappa shape index (κ3) is 9.32. The minimum atomic E-state index is -5.44. The number of nitrogens with two attached hydrogens (primary N) is 1. The third-order valence-corrected chi connectivity index (χ3v) is 5.14. The predicted octanol–water partition coefficient (Wildman–Crippen LogP) is -0.0755. The second kappa shape index (κ2) is 6.69. The predicted molar refractivity (Wildman–Crippen MR) is 58.0 cm³/mol. The zero-order valence-corrected chi connectivity index (χ0v) is 11.8. The van der Waals surface area contributed by atoms with Gasteiger partial charge < -0.3 is 25.3 Å². The Morgan fingerprint density at radius 2 is 1.56 bits per heavy atom. The number of hydrogen-bond donors (Lipinski definition) is 5. The maximum atomic E-state index is 11.1. The molecule has 0 rings (SSSR count). The van der Waals surface area contributed by atoms with Gasteiger partial charge in [-0.25, -0.2) is 13.7 Å². The van der Waals surface area contributed by atoms with Gasteiger partial charge >= 0.3 is 23.5 Å². The topological polar surface area (TPSA) is 186 Å². The maximum Gasteiger partial charge on any atom is 0.490 e. The van der Waals surface area contributed by atoms with Crippen molar-refractivity contribution in [1.82, 2.24) is 0 Å². The van der Waals surface area contributed by atoms with Crippen molar-refractivity contribution in [1.29, 1.82) is 0 Å². The van der Waals surface area contributed by atoms with E-state index in [4.69, 9.17) is 25.3 Å². The number of phosphoric acid groups is 3. The minimum absolute atomic E-state index is 0.121. The molecule has 0 aromatic heterocycles. The van der Waals surface area contributed by atoms with Crippen LogP contribution in [0.1, 0.15) is 6.92 Å². The molecule has 11 nitrogen and oxygen atoms in total. The van der Waals surface area contributed by atoms with E-state index in [1.54, 1.807) is 6.92 Å². The first-order valence-corrected chi connectivity index (χ1v) is 8.87. The molecule has 110 valence electrons. The van der Waals surface area contributed by atoms with Crippen LogP contribution in [0, 0.1) is 5.92 Å². The zero-order valence-electron chi connectivity index (χ0n) is 9.15. The summed E-state index contributed by atoms with van der Waals surface area (Å²) >= 11 is 0. The van der Waals surface area contributed by atoms with Crippen LogP contribution in [-0.4, -0.2) is 32.7 Å². The molecule has 0 fully saturated rings. The average molecular weight is 329 g/mol. The molecule has 0 saturated heterocycles. The van der Waals surface area contributed by atoms with Crippen LogP contribution in [0.5, 0.6) is 0 Å². The Hall–Kier alpha value is 0.370. The summed E-state index contributed by atoms with van der Waals surface area (Å²) in [5.41, 5.74) is 5.19. The van der Waals surface area contributed by atoms with Gasteiger partial charge in [0, 0.05) is 0 Å². The zero-order chi connectivity index (χ0) is 14.6. The fraction of sp³-hybridized carbons (Fsp3) is 1.00. The van der Waals surface area contributed by atoms with E-state index in [1.807, 2.05) is 0 Å². The molecule has 0 amide bonds. The summed E-state index contributed by atoms with van der Waals surface area (Å²) in [7, 11) is -15.8. The van der Waals surface area contributed by atoms with Crippen molar-refractivity contribution in [3.8, 4) is 0 Å². The molecule has 6 N–H and O–H groups in total. The van der Waals surface area contributed by atoms with Crippen molar-refractivity contribution in [2.45, 2.75) is 6.92 Å². The summed E-state index contributed by atoms with van der Waals surface area (Å²) in [6.07, 6.45) is 0. The molecule has 0 heterocycles. The largest absolute Gasteiger partial charge is 0.490 e. The molecule has 0 radical (unpaired) electrons. The smallest absolute Gasteiger partial charge is 0.330 e. The lowest BCUT2D eigenvalue weighted by Gasteiger charge is -2.17. The minimum Gasteiger partial charge on any atom is -0.330 e. The quantitative estimate of drug-likeness (QED) is 0.375. The summed E-state index contributed by atoms with van der Waals surface area (Å²) in [6, 6.07) is 0. The van der Waals surface area contributed by atoms with E-state index >= 15 is 0 Å². The highest BCUT2D eigenvalue weighted by Gasteiger charge is 2.40. The summed E-state index contributed by atoms with van der Waals surface area (Å²) in [4.78, 5) is 34.3. The first-order valence-electron chi connectivity index (χ1n) is 4.35. The van der Waals surface area contributed by atoms with Crippen LogP contribution in [0.2, 0.25) is 0 Å². The Kier molecular flexibility index (Phi) is 6.83. The van der Waals surface area contributed by atoms with Crippen molar-refractivity contribution in [3.05, 3.63) is 0 Å². The molecule has 0 aliphatic rings. The van der Waals surface area contributed by atoms with Gasteiger partial charge in [0.15, 0.2) is 0 Å². The highest BCUT2D eigenvalue weighted by Crippen LogP contribution is 2.66. The lowest BCUT2D eigenvalue weighted by Crippen LogP contribution is -2.16. The molecule has 0 aromatic carbocycles. The lowest BCUT2D eigenvalue weighted by atomic mass is 10.2. The second-order valence-corrected chi connectivity index (χ2v) is 7.65. The second-order valence-electron chi connectivity index (χ2n) is 3.23. The molecule has 0 spiro atoms. The van der Waals surface area contributed by atoms with Gasteiger partial charge in [0.1, 0.15) is 0 Å². The van der Waals surface area contributed by atoms with E-state index in [0.29, 0.717) is 0 Å². The van der Waals surface area contributed by atoms with Crippen molar-refractivity contribution in [3.63, 3.8) is 0 Å². The molecule has 0 saturated carbocycles. The number of hydrogen-bond acceptors (Lipinski definition) is 7. The summed E-state index contributed by atoms with van der Waals surface area (Å²) in [6.45, 7) is 1.32. The van der Waals surface area contributed by atoms with Gasteiger partial charge in [-0.3, -0.25) is 4.52 Å². The molecule has 14 heteroatoms. The van der Waals surface area contributed by atoms with Crippen LogP contribution in [0.3, 0.4) is 0 Å². The lowest BCUT2D eigenvalue weighted by molar-refractivity contribution is 0.158. The van der Waals surface area contributed by atoms with Crippen LogP contribution >= 0.6 is 23.5 Å². The third-order valence-electron chi connectivity index (χ3n) is 1.34. The first kappa shape index (κ1) is 18.4. The first-order chi connectivity index (χ1) is 7.87. The van der Waals surface area contributed by atoms with Crippen molar-refractivity contribution >= 4 is 23.5 Å². The summed E-state index contributed by atoms with van der Waals surface area (Å²) < 4.78 is 43.6. The highest BCUT2D eigenvalue weighted by molar-refractivity contribution is 7.66. The van der Waals surface area contributed by atoms with Gasteiger partial charge in [-0.1, -0.05) is 6.92 Å². The summed E-state index contributed by atoms with van der Waals surface area (Å²) in [5.74, 6) is -0.338. The van der Waals surface area contributed by atoms with Gasteiger partial charge in [0.2, 0.25) is 0 Å². The molecule has 0 aromatic rings. The Morgan fingerprint density at radius 1 is 1.06 bits per heavy atom. The fourth-order valence-electron chi connectivity index (χ4n) is 0.593. The van der Waals surface area contributed by atoms with Crippen LogP contribution < -0.4 is 5.73 Å². The van der Waals surface area contributed by atoms with Gasteiger partial charge in [0.05, 0.1) is 6.61 Å². The van der Waals surface area contributed by atoms with Gasteiger partial charge in [-0.05, 0) is 12.5 Å². The van der Waals surface area contributed by atoms with Crippen molar-refractivity contribution < 1.29 is 46.4 Å². The number of rotatable bonds is 8. The SMILES string of the molecule is CC(CN)COP(=O)(O)OP(=O)(O)OP(=O)(O)O. The Morgan fingerprint density at radius 3 is 1.94 bits per heavy atom. The fourth-order valence-corrected chi connectivity index (χ4v) is 3.73. The number of phosphoric ester groups is 1. The molecule has 0 bridgehead atoms. The van der Waals surface area contributed by atoms with Crippen molar-refractivity contribution in [2.75, 3.05) is 13.2 Å². The molecule has 3 unspecified atom stereocenters. The Balaban J connectivity index is 4.52. The van der Waals surface area contributed by atoms with Crippen LogP contribution in [0.4, 0.5) is 0 Å². The molecule has 3 atom stereocenters. The van der Waals surface area contributed by atoms with E-state index in [0.717, 1.165) is 0 Å². The molecular weight excluding hydrogens is 315 g/mol. The Bertz CT molecular complexity index is 404. The highest BCUT2D eigenvalue weighted by atomic mass is 31.3. The summed E-state index contributed by atoms with van der Waals surface area (Å²) in [5, 5.41) is 0. The van der Waals surface area contributed by atoms with Crippen molar-refractivity contribution in [2.24, 2.45) is 11.7 Å². The van der Waals surface area contributed by atoms with E-state index in [1.165, 1.54) is 0 Å². The van der Waals surface area contributed by atoms with Gasteiger partial charge in [0.25, 0.3) is 0 Å². The average Bonchev–Trinajstić information content (AvgIpc) is 2.08. The maximum absolute atomic E-state index is 11.1. The van der Waals surface area contributed by atoms with Gasteiger partial charge in [-0.2, -0.15) is 8.62 Å². The van der Waals surface area contributed by atoms with E-state index in [2.05, 4.69) is 13.1 Å². The monoisotopic (exact) mass is 329 g/mol. The van der Waals surface area contributed by atoms with Crippen LogP contribution in [0.25, 0.3) is 0 Å². The molecular formula is C4H14NO10P3. The van der Waals surface area contributed by atoms with E-state index in [9.17, 15) is 13.7 Å². The normalized spacial score (nSPS) is 21.0. The molecule has 0 aliphatic heterocycles. The molecule has 0 aliphatic carbocycles. The van der Waals surface area contributed by atoms with Crippen LogP contribution in [0.15, 0.2) is 0 Å². The van der Waals surface area contributed by atoms with Gasteiger partial charge in [-0.15, -0.1) is 0 Å². The van der Waals surface area contributed by atoms with E-state index in [-0.39, 0.29) is 19.1 Å². The standard InChI is InChI=1S/C4H14NO10P3/c1-4(2-5)3-13-17(9,10)15-18(11,12)14-16(6,7)8/h4H,2-3,5H2,1H3,(H,9,10)(H,11,12)(H2,6,7,8). The molecule has 18 heavy (non-hydrogen) atoms.